The molecule has 0 saturated carbocycles. The highest BCUT2D eigenvalue weighted by Gasteiger charge is 1.97. The van der Waals surface area contributed by atoms with E-state index in [1.54, 1.807) is 12.1 Å². The summed E-state index contributed by atoms with van der Waals surface area (Å²) < 4.78 is 0. The molecule has 2 rings (SSSR count). The van der Waals surface area contributed by atoms with Gasteiger partial charge in [0.05, 0.1) is 17.8 Å². The van der Waals surface area contributed by atoms with Crippen molar-refractivity contribution in [1.29, 1.82) is 0 Å². The van der Waals surface area contributed by atoms with Crippen LogP contribution in [0.5, 0.6) is 0 Å². The first kappa shape index (κ1) is 10.9. The van der Waals surface area contributed by atoms with Gasteiger partial charge in [0.2, 0.25) is 0 Å². The van der Waals surface area contributed by atoms with E-state index in [1.165, 1.54) is 18.5 Å². The normalized spacial score (nSPS) is 11.2. The molecule has 86 valence electrons. The molecular weight excluding hydrogens is 220 g/mol. The molecule has 1 aromatic carbocycles. The van der Waals surface area contributed by atoms with Crippen LogP contribution < -0.4 is 10.7 Å². The number of urea groups is 1. The number of nitrogens with one attached hydrogen (secondary N) is 1. The Kier molecular flexibility index (Phi) is 3.15. The molecular formula is C11H10N4O2. The van der Waals surface area contributed by atoms with Gasteiger partial charge in [0, 0.05) is 5.69 Å². The summed E-state index contributed by atoms with van der Waals surface area (Å²) in [5.74, 6) is 0. The molecule has 6 nitrogen and oxygen atoms in total. The number of benzene rings is 1. The zero-order valence-electron chi connectivity index (χ0n) is 8.82. The highest BCUT2D eigenvalue weighted by Crippen LogP contribution is 2.04. The first-order valence-electron chi connectivity index (χ1n) is 4.89. The Labute approximate surface area is 96.8 Å². The second-order valence-electron chi connectivity index (χ2n) is 3.21. The fraction of sp³-hybridized carbons (Fsp3) is 0. The van der Waals surface area contributed by atoms with Gasteiger partial charge in [-0.25, -0.2) is 4.79 Å². The molecule has 0 atom stereocenters. The lowest BCUT2D eigenvalue weighted by molar-refractivity contribution is 0.143. The van der Waals surface area contributed by atoms with E-state index in [0.717, 1.165) is 0 Å². The minimum atomic E-state index is -0.492. The Balaban J connectivity index is 2.12. The van der Waals surface area contributed by atoms with Crippen LogP contribution in [0.25, 0.3) is 0 Å². The van der Waals surface area contributed by atoms with E-state index in [0.29, 0.717) is 15.9 Å². The number of rotatable bonds is 1. The van der Waals surface area contributed by atoms with Crippen molar-refractivity contribution >= 4 is 11.7 Å². The predicted octanol–water partition coefficient (Wildman–Crippen LogP) is 1.25. The van der Waals surface area contributed by atoms with Crippen molar-refractivity contribution in [3.05, 3.63) is 54.1 Å². The van der Waals surface area contributed by atoms with E-state index < -0.39 is 6.03 Å². The van der Waals surface area contributed by atoms with Crippen molar-refractivity contribution in [2.45, 2.75) is 0 Å². The lowest BCUT2D eigenvalue weighted by Gasteiger charge is -1.99. The van der Waals surface area contributed by atoms with Crippen LogP contribution in [-0.4, -0.2) is 21.2 Å². The first-order valence-corrected chi connectivity index (χ1v) is 4.89. The first-order chi connectivity index (χ1) is 8.24. The van der Waals surface area contributed by atoms with E-state index in [4.69, 9.17) is 5.21 Å². The van der Waals surface area contributed by atoms with Crippen molar-refractivity contribution < 1.29 is 10.0 Å². The number of anilines is 1. The molecule has 17 heavy (non-hydrogen) atoms. The lowest BCUT2D eigenvalue weighted by atomic mass is 10.3. The maximum Gasteiger partial charge on any atom is 0.345 e. The quantitative estimate of drug-likeness (QED) is 0.723. The molecule has 2 aromatic rings. The van der Waals surface area contributed by atoms with Crippen molar-refractivity contribution in [1.82, 2.24) is 9.94 Å². The van der Waals surface area contributed by atoms with Crippen LogP contribution in [-0.2, 0) is 0 Å². The second-order valence-corrected chi connectivity index (χ2v) is 3.21. The number of carbonyl (C=O) groups excluding carboxylic acids is 1. The second kappa shape index (κ2) is 4.93. The van der Waals surface area contributed by atoms with Crippen molar-refractivity contribution in [2.24, 2.45) is 4.99 Å². The monoisotopic (exact) mass is 230 g/mol. The third-order valence-corrected chi connectivity index (χ3v) is 1.94. The summed E-state index contributed by atoms with van der Waals surface area (Å²) >= 11 is 0. The highest BCUT2D eigenvalue weighted by molar-refractivity contribution is 5.89. The number of nitrogens with zero attached hydrogens (tertiary/aromatic N) is 3. The number of amides is 2. The summed E-state index contributed by atoms with van der Waals surface area (Å²) in [7, 11) is 0. The van der Waals surface area contributed by atoms with Crippen LogP contribution in [0, 0.1) is 0 Å². The maximum atomic E-state index is 11.5. The molecule has 0 aliphatic carbocycles. The third kappa shape index (κ3) is 3.16. The molecule has 0 aliphatic heterocycles. The summed E-state index contributed by atoms with van der Waals surface area (Å²) in [5, 5.41) is 15.4. The molecule has 0 radical (unpaired) electrons. The van der Waals surface area contributed by atoms with Crippen molar-refractivity contribution in [3.8, 4) is 0 Å². The summed E-state index contributed by atoms with van der Waals surface area (Å²) in [6.07, 6.45) is 2.57. The van der Waals surface area contributed by atoms with Gasteiger partial charge in [-0.1, -0.05) is 18.2 Å². The SMILES string of the molecule is O=C(N=c1ccn(O)nc1)Nc1ccccc1. The summed E-state index contributed by atoms with van der Waals surface area (Å²) in [6, 6.07) is 9.99. The van der Waals surface area contributed by atoms with Crippen molar-refractivity contribution in [3.63, 3.8) is 0 Å². The Morgan fingerprint density at radius 3 is 2.71 bits per heavy atom. The Morgan fingerprint density at radius 1 is 1.29 bits per heavy atom. The predicted molar refractivity (Wildman–Crippen MR) is 60.4 cm³/mol. The topological polar surface area (TPSA) is 79.5 Å². The van der Waals surface area contributed by atoms with Crippen molar-refractivity contribution in [2.75, 3.05) is 5.32 Å². The summed E-state index contributed by atoms with van der Waals surface area (Å²) in [5.41, 5.74) is 0.669. The molecule has 2 N–H and O–H groups in total. The number of hydrogen-bond acceptors (Lipinski definition) is 3. The fourth-order valence-corrected chi connectivity index (χ4v) is 1.20. The van der Waals surface area contributed by atoms with E-state index in [9.17, 15) is 4.79 Å². The summed E-state index contributed by atoms with van der Waals surface area (Å²) in [6.45, 7) is 0. The van der Waals surface area contributed by atoms with Gasteiger partial charge in [-0.05, 0) is 18.2 Å². The van der Waals surface area contributed by atoms with Gasteiger partial charge in [0.25, 0.3) is 0 Å². The Hall–Kier alpha value is -2.63. The lowest BCUT2D eigenvalue weighted by Crippen LogP contribution is -2.14. The number of aromatic nitrogens is 2. The van der Waals surface area contributed by atoms with Gasteiger partial charge in [0.1, 0.15) is 0 Å². The minimum Gasteiger partial charge on any atom is -0.412 e. The molecule has 0 saturated heterocycles. The summed E-state index contributed by atoms with van der Waals surface area (Å²) in [4.78, 5) is 15.9. The largest absolute Gasteiger partial charge is 0.412 e. The van der Waals surface area contributed by atoms with Gasteiger partial charge in [-0.3, -0.25) is 0 Å². The van der Waals surface area contributed by atoms with Gasteiger partial charge >= 0.3 is 6.03 Å². The van der Waals surface area contributed by atoms with Gasteiger partial charge in [0.15, 0.2) is 0 Å². The molecule has 1 aromatic heterocycles. The molecule has 0 bridgehead atoms. The zero-order chi connectivity index (χ0) is 12.1. The molecule has 2 amide bonds. The molecule has 0 aliphatic rings. The smallest absolute Gasteiger partial charge is 0.345 e. The van der Waals surface area contributed by atoms with Gasteiger partial charge in [-0.2, -0.15) is 4.99 Å². The Bertz CT molecular complexity index is 557. The number of carbonyl (C=O) groups is 1. The fourth-order valence-electron chi connectivity index (χ4n) is 1.20. The molecule has 6 heteroatoms. The van der Waals surface area contributed by atoms with E-state index in [-0.39, 0.29) is 0 Å². The maximum absolute atomic E-state index is 11.5. The number of hydrogen-bond donors (Lipinski definition) is 2. The molecule has 0 fully saturated rings. The average molecular weight is 230 g/mol. The van der Waals surface area contributed by atoms with Crippen LogP contribution in [0.1, 0.15) is 0 Å². The standard InChI is InChI=1S/C11H10N4O2/c16-11(13-9-4-2-1-3-5-9)14-10-6-7-15(17)12-8-10/h1-8,17H,(H,13,16). The minimum absolute atomic E-state index is 0.365. The Morgan fingerprint density at radius 2 is 2.06 bits per heavy atom. The molecule has 0 unspecified atom stereocenters. The van der Waals surface area contributed by atoms with E-state index in [2.05, 4.69) is 15.4 Å². The van der Waals surface area contributed by atoms with E-state index in [1.807, 2.05) is 18.2 Å². The van der Waals surface area contributed by atoms with Gasteiger partial charge in [-0.15, -0.1) is 9.94 Å². The average Bonchev–Trinajstić information content (AvgIpc) is 2.33. The van der Waals surface area contributed by atoms with Crippen LogP contribution in [0.3, 0.4) is 0 Å². The zero-order valence-corrected chi connectivity index (χ0v) is 8.82. The van der Waals surface area contributed by atoms with Crippen LogP contribution in [0.15, 0.2) is 53.8 Å². The third-order valence-electron chi connectivity index (χ3n) is 1.94. The highest BCUT2D eigenvalue weighted by atomic mass is 16.5. The van der Waals surface area contributed by atoms with Crippen LogP contribution in [0.2, 0.25) is 0 Å². The number of para-hydroxylation sites is 1. The van der Waals surface area contributed by atoms with E-state index >= 15 is 0 Å². The molecule has 1 heterocycles. The van der Waals surface area contributed by atoms with Crippen LogP contribution >= 0.6 is 0 Å². The molecule has 0 spiro atoms. The van der Waals surface area contributed by atoms with Crippen LogP contribution in [0.4, 0.5) is 10.5 Å². The van der Waals surface area contributed by atoms with Gasteiger partial charge < -0.3 is 10.5 Å².